The molecule has 3 rings (SSSR count). The number of ether oxygens (including phenoxy) is 1. The molecule has 0 bridgehead atoms. The van der Waals surface area contributed by atoms with E-state index in [1.807, 2.05) is 23.1 Å². The second-order valence-corrected chi connectivity index (χ2v) is 5.91. The number of para-hydroxylation sites is 1. The van der Waals surface area contributed by atoms with Crippen LogP contribution in [0.25, 0.3) is 0 Å². The highest BCUT2D eigenvalue weighted by Crippen LogP contribution is 2.22. The Kier molecular flexibility index (Phi) is 8.12. The molecule has 7 heteroatoms. The van der Waals surface area contributed by atoms with Crippen LogP contribution in [-0.4, -0.2) is 61.6 Å². The van der Waals surface area contributed by atoms with Gasteiger partial charge in [-0.3, -0.25) is 9.69 Å². The van der Waals surface area contributed by atoms with Gasteiger partial charge in [0.1, 0.15) is 0 Å². The lowest BCUT2D eigenvalue weighted by atomic mass is 10.1. The van der Waals surface area contributed by atoms with E-state index in [1.165, 1.54) is 0 Å². The normalized spacial score (nSPS) is 21.4. The summed E-state index contributed by atoms with van der Waals surface area (Å²) in [4.78, 5) is 16.9. The van der Waals surface area contributed by atoms with Crippen molar-refractivity contribution in [2.75, 3.05) is 51.7 Å². The quantitative estimate of drug-likeness (QED) is 0.835. The van der Waals surface area contributed by atoms with Crippen LogP contribution in [0, 0.1) is 5.92 Å². The van der Waals surface area contributed by atoms with Gasteiger partial charge in [-0.25, -0.2) is 0 Å². The minimum atomic E-state index is 0. The number of carbonyl (C=O) groups is 1. The summed E-state index contributed by atoms with van der Waals surface area (Å²) < 4.78 is 5.37. The lowest BCUT2D eigenvalue weighted by molar-refractivity contribution is 0.0310. The summed E-state index contributed by atoms with van der Waals surface area (Å²) in [5.74, 6) is 0.634. The lowest BCUT2D eigenvalue weighted by Crippen LogP contribution is -2.40. The molecular formula is C16H25Cl2N3O2. The van der Waals surface area contributed by atoms with Gasteiger partial charge in [0.2, 0.25) is 0 Å². The molecule has 130 valence electrons. The van der Waals surface area contributed by atoms with Gasteiger partial charge in [-0.1, -0.05) is 12.1 Å². The smallest absolute Gasteiger partial charge is 0.255 e. The van der Waals surface area contributed by atoms with Crippen LogP contribution in [-0.2, 0) is 4.74 Å². The van der Waals surface area contributed by atoms with Crippen molar-refractivity contribution < 1.29 is 9.53 Å². The summed E-state index contributed by atoms with van der Waals surface area (Å²) in [5, 5.41) is 0. The van der Waals surface area contributed by atoms with Gasteiger partial charge in [-0.15, -0.1) is 24.8 Å². The van der Waals surface area contributed by atoms with Crippen LogP contribution in [0.1, 0.15) is 16.8 Å². The Morgan fingerprint density at radius 2 is 1.87 bits per heavy atom. The molecule has 2 heterocycles. The minimum absolute atomic E-state index is 0. The SMILES string of the molecule is Cl.Cl.Nc1ccccc1C(=O)N1CCC(CN2CCOCC2)C1. The molecule has 0 saturated carbocycles. The summed E-state index contributed by atoms with van der Waals surface area (Å²) in [6.45, 7) is 6.42. The lowest BCUT2D eigenvalue weighted by Gasteiger charge is -2.29. The predicted molar refractivity (Wildman–Crippen MR) is 96.6 cm³/mol. The van der Waals surface area contributed by atoms with Gasteiger partial charge in [0.15, 0.2) is 0 Å². The van der Waals surface area contributed by atoms with Crippen LogP contribution in [0.4, 0.5) is 5.69 Å². The Balaban J connectivity index is 0.00000132. The summed E-state index contributed by atoms with van der Waals surface area (Å²) in [6, 6.07) is 7.32. The van der Waals surface area contributed by atoms with Crippen molar-refractivity contribution in [3.05, 3.63) is 29.8 Å². The molecule has 0 aromatic heterocycles. The topological polar surface area (TPSA) is 58.8 Å². The molecule has 1 unspecified atom stereocenters. The van der Waals surface area contributed by atoms with Gasteiger partial charge < -0.3 is 15.4 Å². The van der Waals surface area contributed by atoms with Crippen LogP contribution < -0.4 is 5.73 Å². The van der Waals surface area contributed by atoms with E-state index in [4.69, 9.17) is 10.5 Å². The van der Waals surface area contributed by atoms with Gasteiger partial charge in [0.25, 0.3) is 5.91 Å². The number of hydrogen-bond donors (Lipinski definition) is 1. The Morgan fingerprint density at radius 3 is 2.57 bits per heavy atom. The second kappa shape index (κ2) is 9.33. The van der Waals surface area contributed by atoms with Gasteiger partial charge in [0, 0.05) is 38.4 Å². The number of likely N-dealkylation sites (tertiary alicyclic amines) is 1. The Morgan fingerprint density at radius 1 is 1.17 bits per heavy atom. The fraction of sp³-hybridized carbons (Fsp3) is 0.562. The van der Waals surface area contributed by atoms with E-state index >= 15 is 0 Å². The van der Waals surface area contributed by atoms with E-state index in [0.717, 1.165) is 52.4 Å². The van der Waals surface area contributed by atoms with Crippen LogP contribution in [0.3, 0.4) is 0 Å². The molecule has 0 aliphatic carbocycles. The molecule has 0 spiro atoms. The number of nitrogens with zero attached hydrogens (tertiary/aromatic N) is 2. The first-order chi connectivity index (χ1) is 10.2. The maximum Gasteiger partial charge on any atom is 0.255 e. The zero-order valence-corrected chi connectivity index (χ0v) is 14.8. The number of amides is 1. The fourth-order valence-corrected chi connectivity index (χ4v) is 3.18. The molecule has 2 aliphatic rings. The average molecular weight is 362 g/mol. The van der Waals surface area contributed by atoms with E-state index < -0.39 is 0 Å². The van der Waals surface area contributed by atoms with Crippen molar-refractivity contribution in [3.8, 4) is 0 Å². The first-order valence-corrected chi connectivity index (χ1v) is 7.68. The van der Waals surface area contributed by atoms with Crippen molar-refractivity contribution in [2.24, 2.45) is 5.92 Å². The highest BCUT2D eigenvalue weighted by Gasteiger charge is 2.29. The van der Waals surface area contributed by atoms with Gasteiger partial charge in [0.05, 0.1) is 18.8 Å². The maximum absolute atomic E-state index is 12.5. The number of nitrogens with two attached hydrogens (primary N) is 1. The van der Waals surface area contributed by atoms with E-state index in [2.05, 4.69) is 4.90 Å². The van der Waals surface area contributed by atoms with E-state index in [9.17, 15) is 4.79 Å². The van der Waals surface area contributed by atoms with E-state index in [1.54, 1.807) is 6.07 Å². The number of benzene rings is 1. The molecule has 1 aromatic carbocycles. The summed E-state index contributed by atoms with van der Waals surface area (Å²) in [6.07, 6.45) is 1.08. The monoisotopic (exact) mass is 361 g/mol. The highest BCUT2D eigenvalue weighted by molar-refractivity contribution is 5.99. The van der Waals surface area contributed by atoms with Crippen molar-refractivity contribution in [1.82, 2.24) is 9.80 Å². The van der Waals surface area contributed by atoms with Crippen LogP contribution >= 0.6 is 24.8 Å². The van der Waals surface area contributed by atoms with E-state index in [0.29, 0.717) is 17.2 Å². The number of halogens is 2. The average Bonchev–Trinajstić information content (AvgIpc) is 2.97. The zero-order chi connectivity index (χ0) is 14.7. The summed E-state index contributed by atoms with van der Waals surface area (Å²) in [7, 11) is 0. The fourth-order valence-electron chi connectivity index (χ4n) is 3.18. The van der Waals surface area contributed by atoms with Crippen LogP contribution in [0.15, 0.2) is 24.3 Å². The molecule has 2 aliphatic heterocycles. The van der Waals surface area contributed by atoms with Crippen LogP contribution in [0.5, 0.6) is 0 Å². The molecule has 2 fully saturated rings. The number of rotatable bonds is 3. The van der Waals surface area contributed by atoms with E-state index in [-0.39, 0.29) is 30.7 Å². The van der Waals surface area contributed by atoms with Crippen molar-refractivity contribution in [3.63, 3.8) is 0 Å². The first-order valence-electron chi connectivity index (χ1n) is 7.68. The van der Waals surface area contributed by atoms with Gasteiger partial charge >= 0.3 is 0 Å². The summed E-state index contributed by atoms with van der Waals surface area (Å²) >= 11 is 0. The molecular weight excluding hydrogens is 337 g/mol. The number of hydrogen-bond acceptors (Lipinski definition) is 4. The minimum Gasteiger partial charge on any atom is -0.398 e. The first kappa shape index (κ1) is 20.0. The third-order valence-electron chi connectivity index (χ3n) is 4.38. The molecule has 0 radical (unpaired) electrons. The number of carbonyl (C=O) groups excluding carboxylic acids is 1. The number of nitrogen functional groups attached to an aromatic ring is 1. The maximum atomic E-state index is 12.5. The Hall–Kier alpha value is -1.01. The Labute approximate surface area is 150 Å². The molecule has 1 aromatic rings. The number of anilines is 1. The van der Waals surface area contributed by atoms with Crippen molar-refractivity contribution in [2.45, 2.75) is 6.42 Å². The zero-order valence-electron chi connectivity index (χ0n) is 13.1. The molecule has 1 atom stereocenters. The van der Waals surface area contributed by atoms with Crippen LogP contribution in [0.2, 0.25) is 0 Å². The summed E-state index contributed by atoms with van der Waals surface area (Å²) in [5.41, 5.74) is 7.10. The molecule has 5 nitrogen and oxygen atoms in total. The number of morpholine rings is 1. The molecule has 23 heavy (non-hydrogen) atoms. The third kappa shape index (κ3) is 4.98. The standard InChI is InChI=1S/C16H23N3O2.2ClH/c17-15-4-2-1-3-14(15)16(20)19-6-5-13(12-19)11-18-7-9-21-10-8-18;;/h1-4,13H,5-12,17H2;2*1H. The third-order valence-corrected chi connectivity index (χ3v) is 4.38. The van der Waals surface area contributed by atoms with Gasteiger partial charge in [-0.05, 0) is 24.5 Å². The predicted octanol–water partition coefficient (Wildman–Crippen LogP) is 1.91. The second-order valence-electron chi connectivity index (χ2n) is 5.91. The van der Waals surface area contributed by atoms with Crippen molar-refractivity contribution >= 4 is 36.4 Å². The highest BCUT2D eigenvalue weighted by atomic mass is 35.5. The van der Waals surface area contributed by atoms with Crippen molar-refractivity contribution in [1.29, 1.82) is 0 Å². The molecule has 2 N–H and O–H groups in total. The van der Waals surface area contributed by atoms with Gasteiger partial charge in [-0.2, -0.15) is 0 Å². The Bertz CT molecular complexity index is 510. The molecule has 2 saturated heterocycles. The molecule has 1 amide bonds. The largest absolute Gasteiger partial charge is 0.398 e.